The second-order valence-electron chi connectivity index (χ2n) is 6.47. The zero-order valence-electron chi connectivity index (χ0n) is 15.0. The van der Waals surface area contributed by atoms with Crippen LogP contribution >= 0.6 is 0 Å². The van der Waals surface area contributed by atoms with Gasteiger partial charge in [0.15, 0.2) is 0 Å². The maximum Gasteiger partial charge on any atom is 0.419 e. The van der Waals surface area contributed by atoms with E-state index in [1.54, 1.807) is 30.3 Å². The van der Waals surface area contributed by atoms with Gasteiger partial charge in [-0.25, -0.2) is 9.18 Å². The zero-order valence-corrected chi connectivity index (χ0v) is 15.0. The number of nitrogens with zero attached hydrogens (tertiary/aromatic N) is 1. The molecule has 9 heteroatoms. The molecule has 3 rings (SSSR count). The first-order valence-corrected chi connectivity index (χ1v) is 8.35. The van der Waals surface area contributed by atoms with E-state index in [4.69, 9.17) is 0 Å². The molecule has 4 amide bonds. The van der Waals surface area contributed by atoms with Crippen LogP contribution in [-0.2, 0) is 21.3 Å². The number of nitrogens with one attached hydrogen (secondary N) is 1. The molecule has 2 aromatic carbocycles. The number of imide groups is 3. The molecule has 1 heterocycles. The first kappa shape index (κ1) is 20.2. The number of halogens is 4. The molecule has 1 N–H and O–H groups in total. The highest BCUT2D eigenvalue weighted by molar-refractivity contribution is 6.21. The Morgan fingerprint density at radius 3 is 2.38 bits per heavy atom. The minimum atomic E-state index is -4.90. The van der Waals surface area contributed by atoms with Crippen LogP contribution in [0, 0.1) is 5.82 Å². The summed E-state index contributed by atoms with van der Waals surface area (Å²) >= 11 is 0. The van der Waals surface area contributed by atoms with Crippen LogP contribution in [0.15, 0.2) is 54.6 Å². The summed E-state index contributed by atoms with van der Waals surface area (Å²) in [4.78, 5) is 37.6. The Morgan fingerprint density at radius 2 is 1.76 bits per heavy atom. The monoisotopic (exact) mass is 406 g/mol. The predicted molar refractivity (Wildman–Crippen MR) is 94.6 cm³/mol. The zero-order chi connectivity index (χ0) is 21.4. The summed E-state index contributed by atoms with van der Waals surface area (Å²) in [5.41, 5.74) is -2.60. The van der Waals surface area contributed by atoms with Crippen molar-refractivity contribution < 1.29 is 31.9 Å². The molecule has 150 valence electrons. The van der Waals surface area contributed by atoms with Crippen molar-refractivity contribution in [3.05, 3.63) is 77.1 Å². The highest BCUT2D eigenvalue weighted by atomic mass is 19.4. The molecular formula is C20H14F4N2O3. The van der Waals surface area contributed by atoms with Crippen molar-refractivity contribution in [2.45, 2.75) is 18.6 Å². The Balaban J connectivity index is 1.85. The fourth-order valence-electron chi connectivity index (χ4n) is 2.91. The molecule has 0 radical (unpaired) electrons. The van der Waals surface area contributed by atoms with E-state index >= 15 is 0 Å². The van der Waals surface area contributed by atoms with Gasteiger partial charge in [-0.15, -0.1) is 0 Å². The maximum atomic E-state index is 13.3. The Bertz CT molecular complexity index is 1020. The molecule has 0 aliphatic carbocycles. The van der Waals surface area contributed by atoms with Crippen LogP contribution in [-0.4, -0.2) is 22.7 Å². The van der Waals surface area contributed by atoms with Gasteiger partial charge >= 0.3 is 12.2 Å². The van der Waals surface area contributed by atoms with E-state index in [1.807, 2.05) is 0 Å². The molecule has 1 fully saturated rings. The van der Waals surface area contributed by atoms with Crippen LogP contribution in [0.3, 0.4) is 0 Å². The van der Waals surface area contributed by atoms with Crippen molar-refractivity contribution in [2.75, 3.05) is 0 Å². The fraction of sp³-hybridized carbons (Fsp3) is 0.150. The third kappa shape index (κ3) is 3.75. The van der Waals surface area contributed by atoms with Gasteiger partial charge in [0.25, 0.3) is 11.8 Å². The number of amides is 4. The number of hydrogen-bond acceptors (Lipinski definition) is 3. The van der Waals surface area contributed by atoms with Gasteiger partial charge < -0.3 is 5.32 Å². The number of alkyl halides is 3. The largest absolute Gasteiger partial charge is 0.419 e. The molecule has 29 heavy (non-hydrogen) atoms. The second kappa shape index (κ2) is 7.16. The molecule has 0 spiro atoms. The molecule has 1 unspecified atom stereocenters. The summed E-state index contributed by atoms with van der Waals surface area (Å²) in [5.74, 6) is -3.31. The van der Waals surface area contributed by atoms with Crippen LogP contribution in [0.2, 0.25) is 0 Å². The smallest absolute Gasteiger partial charge is 0.319 e. The third-order valence-corrected chi connectivity index (χ3v) is 4.48. The molecule has 0 saturated carbocycles. The predicted octanol–water partition coefficient (Wildman–Crippen LogP) is 3.85. The number of carbonyl (C=O) groups excluding carboxylic acids is 3. The van der Waals surface area contributed by atoms with Crippen LogP contribution in [0.1, 0.15) is 23.6 Å². The van der Waals surface area contributed by atoms with E-state index in [2.05, 4.69) is 5.32 Å². The lowest BCUT2D eigenvalue weighted by atomic mass is 9.92. The highest BCUT2D eigenvalue weighted by Crippen LogP contribution is 2.32. The molecule has 1 atom stereocenters. The molecule has 2 aromatic rings. The number of rotatable bonds is 3. The standard InChI is InChI=1S/C20H14F4N2O3/c1-19(13-5-3-2-4-6-13)17(28)26(18(29)25-19)16(27)10-8-12-7-9-15(21)14(11-12)20(22,23)24/h2-11H,1H3,(H,25,29). The van der Waals surface area contributed by atoms with Gasteiger partial charge in [0.1, 0.15) is 11.4 Å². The molecule has 0 aromatic heterocycles. The SMILES string of the molecule is CC1(c2ccccc2)NC(=O)N(C(=O)C=Cc2ccc(F)c(C(F)(F)F)c2)C1=O. The van der Waals surface area contributed by atoms with E-state index in [9.17, 15) is 31.9 Å². The van der Waals surface area contributed by atoms with Gasteiger partial charge in [-0.2, -0.15) is 18.1 Å². The van der Waals surface area contributed by atoms with Crippen molar-refractivity contribution in [1.29, 1.82) is 0 Å². The van der Waals surface area contributed by atoms with E-state index in [1.165, 1.54) is 6.92 Å². The van der Waals surface area contributed by atoms with E-state index in [-0.39, 0.29) is 5.56 Å². The van der Waals surface area contributed by atoms with Gasteiger partial charge in [-0.1, -0.05) is 36.4 Å². The Kier molecular flexibility index (Phi) is 5.00. The first-order chi connectivity index (χ1) is 13.5. The van der Waals surface area contributed by atoms with Gasteiger partial charge in [-0.05, 0) is 36.3 Å². The number of benzene rings is 2. The summed E-state index contributed by atoms with van der Waals surface area (Å²) in [6.45, 7) is 1.44. The van der Waals surface area contributed by atoms with Crippen LogP contribution in [0.5, 0.6) is 0 Å². The van der Waals surface area contributed by atoms with E-state index in [0.29, 0.717) is 22.6 Å². The van der Waals surface area contributed by atoms with Crippen LogP contribution < -0.4 is 5.32 Å². The minimum Gasteiger partial charge on any atom is -0.319 e. The minimum absolute atomic E-state index is 0.120. The maximum absolute atomic E-state index is 13.3. The van der Waals surface area contributed by atoms with Crippen molar-refractivity contribution in [3.8, 4) is 0 Å². The Hall–Kier alpha value is -3.49. The van der Waals surface area contributed by atoms with Gasteiger partial charge in [0.2, 0.25) is 0 Å². The molecule has 1 aliphatic rings. The lowest BCUT2D eigenvalue weighted by Gasteiger charge is -2.21. The average Bonchev–Trinajstić information content (AvgIpc) is 2.90. The fourth-order valence-corrected chi connectivity index (χ4v) is 2.91. The molecule has 0 bridgehead atoms. The summed E-state index contributed by atoms with van der Waals surface area (Å²) in [7, 11) is 0. The lowest BCUT2D eigenvalue weighted by Crippen LogP contribution is -2.41. The van der Waals surface area contributed by atoms with Crippen LogP contribution in [0.4, 0.5) is 22.4 Å². The molecule has 5 nitrogen and oxygen atoms in total. The normalized spacial score (nSPS) is 19.7. The van der Waals surface area contributed by atoms with Gasteiger partial charge in [-0.3, -0.25) is 9.59 Å². The lowest BCUT2D eigenvalue weighted by molar-refractivity contribution is -0.140. The highest BCUT2D eigenvalue weighted by Gasteiger charge is 2.51. The van der Waals surface area contributed by atoms with Gasteiger partial charge in [0, 0.05) is 6.08 Å². The summed E-state index contributed by atoms with van der Waals surface area (Å²) in [6, 6.07) is 9.50. The first-order valence-electron chi connectivity index (χ1n) is 8.35. The molecule has 1 saturated heterocycles. The molecular weight excluding hydrogens is 392 g/mol. The summed E-state index contributed by atoms with van der Waals surface area (Å²) in [5, 5.41) is 2.45. The Labute approximate surface area is 162 Å². The van der Waals surface area contributed by atoms with E-state index in [0.717, 1.165) is 18.2 Å². The quantitative estimate of drug-likeness (QED) is 0.478. The van der Waals surface area contributed by atoms with Crippen molar-refractivity contribution in [3.63, 3.8) is 0 Å². The third-order valence-electron chi connectivity index (χ3n) is 4.48. The molecule has 1 aliphatic heterocycles. The van der Waals surface area contributed by atoms with E-state index < -0.39 is 40.9 Å². The van der Waals surface area contributed by atoms with Crippen molar-refractivity contribution in [1.82, 2.24) is 10.2 Å². The van der Waals surface area contributed by atoms with Gasteiger partial charge in [0.05, 0.1) is 5.56 Å². The topological polar surface area (TPSA) is 66.5 Å². The number of carbonyl (C=O) groups is 3. The van der Waals surface area contributed by atoms with Crippen LogP contribution in [0.25, 0.3) is 6.08 Å². The summed E-state index contributed by atoms with van der Waals surface area (Å²) < 4.78 is 51.7. The number of urea groups is 1. The second-order valence-corrected chi connectivity index (χ2v) is 6.47. The summed E-state index contributed by atoms with van der Waals surface area (Å²) in [6.07, 6.45) is -3.16. The Morgan fingerprint density at radius 1 is 1.10 bits per heavy atom. The number of hydrogen-bond donors (Lipinski definition) is 1. The van der Waals surface area contributed by atoms with Crippen molar-refractivity contribution >= 4 is 23.9 Å². The average molecular weight is 406 g/mol. The van der Waals surface area contributed by atoms with Crippen molar-refractivity contribution in [2.24, 2.45) is 0 Å².